The largest absolute Gasteiger partial charge is 0.346 e. The van der Waals surface area contributed by atoms with Crippen LogP contribution in [0, 0.1) is 0 Å². The molecule has 0 saturated heterocycles. The normalized spacial score (nSPS) is 14.5. The first-order valence-corrected chi connectivity index (χ1v) is 7.83. The van der Waals surface area contributed by atoms with Crippen molar-refractivity contribution in [3.05, 3.63) is 58.1 Å². The molecule has 1 saturated carbocycles. The van der Waals surface area contributed by atoms with Crippen molar-refractivity contribution in [2.75, 3.05) is 0 Å². The fourth-order valence-corrected chi connectivity index (χ4v) is 3.13. The summed E-state index contributed by atoms with van der Waals surface area (Å²) in [6.45, 7) is 0.463. The molecule has 3 heterocycles. The van der Waals surface area contributed by atoms with Crippen LogP contribution in [0.3, 0.4) is 0 Å². The molecule has 21 heavy (non-hydrogen) atoms. The first-order valence-electron chi connectivity index (χ1n) is 6.95. The van der Waals surface area contributed by atoms with Gasteiger partial charge in [-0.3, -0.25) is 9.55 Å². The zero-order chi connectivity index (χ0) is 14.2. The van der Waals surface area contributed by atoms with E-state index in [0.29, 0.717) is 12.6 Å². The minimum atomic E-state index is -0.0234. The Morgan fingerprint density at radius 1 is 1.29 bits per heavy atom. The number of pyridine rings is 1. The van der Waals surface area contributed by atoms with E-state index < -0.39 is 0 Å². The Morgan fingerprint density at radius 2 is 2.19 bits per heavy atom. The van der Waals surface area contributed by atoms with E-state index in [4.69, 9.17) is 0 Å². The van der Waals surface area contributed by atoms with Gasteiger partial charge in [-0.2, -0.15) is 0 Å². The van der Waals surface area contributed by atoms with Crippen LogP contribution in [0.5, 0.6) is 0 Å². The molecule has 0 radical (unpaired) electrons. The summed E-state index contributed by atoms with van der Waals surface area (Å²) in [5.74, 6) is 0.793. The maximum Gasteiger partial charge on any atom is 0.346 e. The van der Waals surface area contributed by atoms with Crippen molar-refractivity contribution in [2.45, 2.75) is 25.4 Å². The van der Waals surface area contributed by atoms with Crippen LogP contribution in [0.4, 0.5) is 0 Å². The second-order valence-corrected chi connectivity index (χ2v) is 6.15. The standard InChI is InChI=1S/C15H14N4OS/c20-15-18(10-11-3-1-7-16-9-11)17-14(13-4-2-8-21-13)19(15)12-5-6-12/h1-4,7-9,12H,5-6,10H2. The Morgan fingerprint density at radius 3 is 2.86 bits per heavy atom. The smallest absolute Gasteiger partial charge is 0.271 e. The molecule has 0 aromatic carbocycles. The van der Waals surface area contributed by atoms with Crippen molar-refractivity contribution in [1.82, 2.24) is 19.3 Å². The minimum Gasteiger partial charge on any atom is -0.271 e. The fraction of sp³-hybridized carbons (Fsp3) is 0.267. The third-order valence-corrected chi connectivity index (χ3v) is 4.45. The van der Waals surface area contributed by atoms with Gasteiger partial charge in [0.15, 0.2) is 5.82 Å². The number of hydrogen-bond acceptors (Lipinski definition) is 4. The fourth-order valence-electron chi connectivity index (χ4n) is 2.42. The molecule has 0 unspecified atom stereocenters. The summed E-state index contributed by atoms with van der Waals surface area (Å²) in [6, 6.07) is 8.15. The van der Waals surface area contributed by atoms with Gasteiger partial charge in [0.05, 0.1) is 11.4 Å². The zero-order valence-electron chi connectivity index (χ0n) is 11.3. The maximum atomic E-state index is 12.6. The molecule has 0 aliphatic heterocycles. The summed E-state index contributed by atoms with van der Waals surface area (Å²) in [7, 11) is 0. The van der Waals surface area contributed by atoms with E-state index in [1.165, 1.54) is 0 Å². The molecule has 0 atom stereocenters. The van der Waals surface area contributed by atoms with Crippen molar-refractivity contribution in [2.24, 2.45) is 0 Å². The monoisotopic (exact) mass is 298 g/mol. The molecule has 0 amide bonds. The molecule has 1 fully saturated rings. The summed E-state index contributed by atoms with van der Waals surface area (Å²) in [4.78, 5) is 17.8. The van der Waals surface area contributed by atoms with Gasteiger partial charge in [-0.1, -0.05) is 12.1 Å². The molecular weight excluding hydrogens is 284 g/mol. The van der Waals surface area contributed by atoms with Crippen LogP contribution >= 0.6 is 11.3 Å². The topological polar surface area (TPSA) is 52.7 Å². The molecule has 5 nitrogen and oxygen atoms in total. The van der Waals surface area contributed by atoms with Crippen LogP contribution in [-0.2, 0) is 6.54 Å². The molecule has 0 spiro atoms. The summed E-state index contributed by atoms with van der Waals surface area (Å²) in [5.41, 5.74) is 0.961. The summed E-state index contributed by atoms with van der Waals surface area (Å²) in [5, 5.41) is 6.57. The van der Waals surface area contributed by atoms with Gasteiger partial charge in [0, 0.05) is 18.4 Å². The summed E-state index contributed by atoms with van der Waals surface area (Å²) in [6.07, 6.45) is 5.63. The van der Waals surface area contributed by atoms with E-state index in [-0.39, 0.29) is 5.69 Å². The average Bonchev–Trinajstić information content (AvgIpc) is 3.09. The van der Waals surface area contributed by atoms with Gasteiger partial charge in [0.2, 0.25) is 0 Å². The molecule has 1 aliphatic carbocycles. The third kappa shape index (κ3) is 2.31. The lowest BCUT2D eigenvalue weighted by Gasteiger charge is -2.00. The molecule has 1 aliphatic rings. The highest BCUT2D eigenvalue weighted by molar-refractivity contribution is 7.13. The van der Waals surface area contributed by atoms with E-state index in [1.54, 1.807) is 28.4 Å². The Kier molecular flexibility index (Phi) is 2.96. The highest BCUT2D eigenvalue weighted by Gasteiger charge is 2.30. The molecule has 4 rings (SSSR count). The molecule has 106 valence electrons. The average molecular weight is 298 g/mol. The van der Waals surface area contributed by atoms with Gasteiger partial charge in [0.1, 0.15) is 0 Å². The van der Waals surface area contributed by atoms with Crippen molar-refractivity contribution < 1.29 is 0 Å². The van der Waals surface area contributed by atoms with E-state index in [2.05, 4.69) is 10.1 Å². The van der Waals surface area contributed by atoms with Crippen molar-refractivity contribution in [3.8, 4) is 10.7 Å². The van der Waals surface area contributed by atoms with Gasteiger partial charge < -0.3 is 0 Å². The lowest BCUT2D eigenvalue weighted by molar-refractivity contribution is 0.624. The van der Waals surface area contributed by atoms with Crippen LogP contribution in [-0.4, -0.2) is 19.3 Å². The van der Waals surface area contributed by atoms with E-state index in [1.807, 2.05) is 34.2 Å². The highest BCUT2D eigenvalue weighted by Crippen LogP contribution is 2.37. The van der Waals surface area contributed by atoms with E-state index >= 15 is 0 Å². The Balaban J connectivity index is 1.78. The molecular formula is C15H14N4OS. The quantitative estimate of drug-likeness (QED) is 0.744. The lowest BCUT2D eigenvalue weighted by atomic mass is 10.3. The van der Waals surface area contributed by atoms with Gasteiger partial charge in [-0.15, -0.1) is 16.4 Å². The second kappa shape index (κ2) is 4.96. The first kappa shape index (κ1) is 12.5. The van der Waals surface area contributed by atoms with Crippen LogP contribution in [0.1, 0.15) is 24.4 Å². The number of hydrogen-bond donors (Lipinski definition) is 0. The van der Waals surface area contributed by atoms with Crippen molar-refractivity contribution in [3.63, 3.8) is 0 Å². The highest BCUT2D eigenvalue weighted by atomic mass is 32.1. The molecule has 0 bridgehead atoms. The van der Waals surface area contributed by atoms with E-state index in [9.17, 15) is 4.79 Å². The third-order valence-electron chi connectivity index (χ3n) is 3.58. The zero-order valence-corrected chi connectivity index (χ0v) is 12.2. The summed E-state index contributed by atoms with van der Waals surface area (Å²) < 4.78 is 3.40. The maximum absolute atomic E-state index is 12.6. The molecule has 3 aromatic rings. The predicted octanol–water partition coefficient (Wildman–Crippen LogP) is 2.55. The van der Waals surface area contributed by atoms with Gasteiger partial charge in [-0.05, 0) is 35.9 Å². The Hall–Kier alpha value is -2.21. The predicted molar refractivity (Wildman–Crippen MR) is 81.4 cm³/mol. The van der Waals surface area contributed by atoms with Gasteiger partial charge >= 0.3 is 5.69 Å². The van der Waals surface area contributed by atoms with Crippen molar-refractivity contribution in [1.29, 1.82) is 0 Å². The van der Waals surface area contributed by atoms with Gasteiger partial charge in [0.25, 0.3) is 0 Å². The number of thiophene rings is 1. The Bertz CT molecular complexity index is 800. The van der Waals surface area contributed by atoms with Crippen LogP contribution in [0.25, 0.3) is 10.7 Å². The lowest BCUT2D eigenvalue weighted by Crippen LogP contribution is -2.25. The van der Waals surface area contributed by atoms with Gasteiger partial charge in [-0.25, -0.2) is 9.48 Å². The van der Waals surface area contributed by atoms with Crippen LogP contribution in [0.15, 0.2) is 46.8 Å². The number of rotatable bonds is 4. The van der Waals surface area contributed by atoms with Crippen LogP contribution in [0.2, 0.25) is 0 Å². The Labute approximate surface area is 125 Å². The SMILES string of the molecule is O=c1n(Cc2cccnc2)nc(-c2cccs2)n1C1CC1. The van der Waals surface area contributed by atoms with Crippen molar-refractivity contribution >= 4 is 11.3 Å². The summed E-state index contributed by atoms with van der Waals surface area (Å²) >= 11 is 1.62. The van der Waals surface area contributed by atoms with E-state index in [0.717, 1.165) is 29.1 Å². The molecule has 6 heteroatoms. The molecule has 0 N–H and O–H groups in total. The van der Waals surface area contributed by atoms with Crippen LogP contribution < -0.4 is 5.69 Å². The second-order valence-electron chi connectivity index (χ2n) is 5.20. The number of nitrogens with zero attached hydrogens (tertiary/aromatic N) is 4. The number of aromatic nitrogens is 4. The minimum absolute atomic E-state index is 0.0234. The molecule has 3 aromatic heterocycles. The first-order chi connectivity index (χ1) is 10.3.